The van der Waals surface area contributed by atoms with Gasteiger partial charge in [-0.1, -0.05) is 12.1 Å². The van der Waals surface area contributed by atoms with Gasteiger partial charge in [0, 0.05) is 12.1 Å². The number of pyridine rings is 1. The van der Waals surface area contributed by atoms with Gasteiger partial charge in [-0.2, -0.15) is 0 Å². The molecule has 0 bridgehead atoms. The van der Waals surface area contributed by atoms with Gasteiger partial charge in [-0.15, -0.1) is 0 Å². The molecule has 2 aromatic rings. The van der Waals surface area contributed by atoms with Gasteiger partial charge in [-0.05, 0) is 57.4 Å². The van der Waals surface area contributed by atoms with E-state index in [-0.39, 0.29) is 18.1 Å². The molecular formula is C20H26N2O4. The average Bonchev–Trinajstić information content (AvgIpc) is 2.62. The van der Waals surface area contributed by atoms with Crippen LogP contribution in [-0.2, 0) is 11.2 Å². The van der Waals surface area contributed by atoms with Crippen molar-refractivity contribution < 1.29 is 19.4 Å². The van der Waals surface area contributed by atoms with Gasteiger partial charge in [0.2, 0.25) is 11.8 Å². The third-order valence-electron chi connectivity index (χ3n) is 3.64. The van der Waals surface area contributed by atoms with Crippen molar-refractivity contribution in [3.63, 3.8) is 0 Å². The maximum absolute atomic E-state index is 11.1. The van der Waals surface area contributed by atoms with Crippen LogP contribution in [0.5, 0.6) is 17.4 Å². The monoisotopic (exact) mass is 358 g/mol. The fourth-order valence-corrected chi connectivity index (χ4v) is 2.37. The van der Waals surface area contributed by atoms with Crippen molar-refractivity contribution in [3.8, 4) is 17.4 Å². The Morgan fingerprint density at radius 2 is 1.81 bits per heavy atom. The van der Waals surface area contributed by atoms with Gasteiger partial charge in [0.05, 0.1) is 12.3 Å². The van der Waals surface area contributed by atoms with E-state index in [2.05, 4.69) is 10.3 Å². The lowest BCUT2D eigenvalue weighted by molar-refractivity contribution is -0.124. The number of rotatable bonds is 9. The molecule has 1 unspecified atom stereocenters. The normalized spacial score (nSPS) is 11.9. The molecule has 0 saturated carbocycles. The standard InChI is InChI=1S/C20H26N2O4/c1-14(2)25-20-11-10-18(12-21-20)26-17-8-6-16(7-9-17)5-4-15(3)22-19(24)13-23/h6-12,14-15,23H,4-5,13H2,1-3H3,(H,22,24). The Balaban J connectivity index is 1.84. The smallest absolute Gasteiger partial charge is 0.245 e. The summed E-state index contributed by atoms with van der Waals surface area (Å²) >= 11 is 0. The van der Waals surface area contributed by atoms with E-state index in [9.17, 15) is 4.79 Å². The van der Waals surface area contributed by atoms with E-state index in [1.807, 2.05) is 51.1 Å². The Bertz CT molecular complexity index is 684. The van der Waals surface area contributed by atoms with Crippen LogP contribution in [-0.4, -0.2) is 34.8 Å². The second-order valence-corrected chi connectivity index (χ2v) is 6.41. The number of amides is 1. The molecule has 0 aliphatic carbocycles. The van der Waals surface area contributed by atoms with E-state index < -0.39 is 6.61 Å². The molecule has 1 heterocycles. The van der Waals surface area contributed by atoms with E-state index in [0.717, 1.165) is 24.2 Å². The van der Waals surface area contributed by atoms with Gasteiger partial charge in [0.15, 0.2) is 0 Å². The molecule has 0 fully saturated rings. The number of carbonyl (C=O) groups is 1. The summed E-state index contributed by atoms with van der Waals surface area (Å²) in [7, 11) is 0. The van der Waals surface area contributed by atoms with Crippen molar-refractivity contribution in [2.45, 2.75) is 45.8 Å². The van der Waals surface area contributed by atoms with Crippen LogP contribution in [0.1, 0.15) is 32.8 Å². The fraction of sp³-hybridized carbons (Fsp3) is 0.400. The van der Waals surface area contributed by atoms with E-state index >= 15 is 0 Å². The lowest BCUT2D eigenvalue weighted by Crippen LogP contribution is -2.34. The van der Waals surface area contributed by atoms with Crippen LogP contribution in [0, 0.1) is 0 Å². The summed E-state index contributed by atoms with van der Waals surface area (Å²) in [5.74, 6) is 1.61. The molecule has 2 N–H and O–H groups in total. The molecule has 6 heteroatoms. The first kappa shape index (κ1) is 19.7. The molecule has 0 aliphatic rings. The molecule has 2 rings (SSSR count). The molecule has 26 heavy (non-hydrogen) atoms. The fourth-order valence-electron chi connectivity index (χ4n) is 2.37. The lowest BCUT2D eigenvalue weighted by Gasteiger charge is -2.13. The number of nitrogens with zero attached hydrogens (tertiary/aromatic N) is 1. The maximum atomic E-state index is 11.1. The Kier molecular flexibility index (Phi) is 7.41. The van der Waals surface area contributed by atoms with Crippen molar-refractivity contribution in [2.24, 2.45) is 0 Å². The molecule has 1 aromatic heterocycles. The van der Waals surface area contributed by atoms with Crippen molar-refractivity contribution >= 4 is 5.91 Å². The molecular weight excluding hydrogens is 332 g/mol. The number of nitrogens with one attached hydrogen (secondary N) is 1. The first-order valence-electron chi connectivity index (χ1n) is 8.76. The van der Waals surface area contributed by atoms with Crippen molar-refractivity contribution in [3.05, 3.63) is 48.2 Å². The number of hydrogen-bond donors (Lipinski definition) is 2. The highest BCUT2D eigenvalue weighted by Crippen LogP contribution is 2.23. The zero-order valence-corrected chi connectivity index (χ0v) is 15.4. The van der Waals surface area contributed by atoms with Crippen molar-refractivity contribution in [1.82, 2.24) is 10.3 Å². The number of ether oxygens (including phenoxy) is 2. The minimum atomic E-state index is -0.476. The first-order valence-corrected chi connectivity index (χ1v) is 8.76. The van der Waals surface area contributed by atoms with E-state index in [4.69, 9.17) is 14.6 Å². The van der Waals surface area contributed by atoms with E-state index in [1.165, 1.54) is 0 Å². The molecule has 0 saturated heterocycles. The van der Waals surface area contributed by atoms with Gasteiger partial charge in [-0.25, -0.2) is 4.98 Å². The third kappa shape index (κ3) is 6.72. The van der Waals surface area contributed by atoms with Crippen LogP contribution < -0.4 is 14.8 Å². The summed E-state index contributed by atoms with van der Waals surface area (Å²) < 4.78 is 11.3. The number of carbonyl (C=O) groups excluding carboxylic acids is 1. The van der Waals surface area contributed by atoms with Crippen molar-refractivity contribution in [1.29, 1.82) is 0 Å². The lowest BCUT2D eigenvalue weighted by atomic mass is 10.1. The number of aliphatic hydroxyl groups excluding tert-OH is 1. The average molecular weight is 358 g/mol. The molecule has 6 nitrogen and oxygen atoms in total. The van der Waals surface area contributed by atoms with E-state index in [0.29, 0.717) is 11.6 Å². The van der Waals surface area contributed by atoms with Gasteiger partial charge in [0.25, 0.3) is 0 Å². The number of aryl methyl sites for hydroxylation is 1. The number of aliphatic hydroxyl groups is 1. The molecule has 140 valence electrons. The number of aromatic nitrogens is 1. The summed E-state index contributed by atoms with van der Waals surface area (Å²) in [6, 6.07) is 11.4. The largest absolute Gasteiger partial charge is 0.475 e. The minimum Gasteiger partial charge on any atom is -0.475 e. The molecule has 1 amide bonds. The predicted octanol–water partition coefficient (Wildman–Crippen LogP) is 3.09. The Labute approximate surface area is 154 Å². The van der Waals surface area contributed by atoms with Gasteiger partial charge < -0.3 is 19.9 Å². The number of benzene rings is 1. The summed E-state index contributed by atoms with van der Waals surface area (Å²) in [4.78, 5) is 15.3. The zero-order valence-electron chi connectivity index (χ0n) is 15.4. The van der Waals surface area contributed by atoms with Crippen LogP contribution in [0.4, 0.5) is 0 Å². The molecule has 0 spiro atoms. The topological polar surface area (TPSA) is 80.7 Å². The highest BCUT2D eigenvalue weighted by molar-refractivity contribution is 5.77. The molecule has 0 aliphatic heterocycles. The summed E-state index contributed by atoms with van der Waals surface area (Å²) in [5, 5.41) is 11.5. The predicted molar refractivity (Wildman–Crippen MR) is 99.5 cm³/mol. The summed E-state index contributed by atoms with van der Waals surface area (Å²) in [5.41, 5.74) is 1.15. The van der Waals surface area contributed by atoms with Crippen LogP contribution in [0.2, 0.25) is 0 Å². The third-order valence-corrected chi connectivity index (χ3v) is 3.64. The quantitative estimate of drug-likeness (QED) is 0.720. The zero-order chi connectivity index (χ0) is 18.9. The van der Waals surface area contributed by atoms with Crippen LogP contribution in [0.3, 0.4) is 0 Å². The second-order valence-electron chi connectivity index (χ2n) is 6.41. The highest BCUT2D eigenvalue weighted by atomic mass is 16.5. The van der Waals surface area contributed by atoms with E-state index in [1.54, 1.807) is 12.3 Å². The van der Waals surface area contributed by atoms with Gasteiger partial charge in [-0.3, -0.25) is 4.79 Å². The first-order chi connectivity index (χ1) is 12.5. The molecule has 0 radical (unpaired) electrons. The van der Waals surface area contributed by atoms with Crippen LogP contribution >= 0.6 is 0 Å². The summed E-state index contributed by atoms with van der Waals surface area (Å²) in [6.45, 7) is 5.35. The summed E-state index contributed by atoms with van der Waals surface area (Å²) in [6.07, 6.45) is 3.35. The van der Waals surface area contributed by atoms with Gasteiger partial charge >= 0.3 is 0 Å². The SMILES string of the molecule is CC(CCc1ccc(Oc2ccc(OC(C)C)nc2)cc1)NC(=O)CO. The Morgan fingerprint density at radius 3 is 2.38 bits per heavy atom. The van der Waals surface area contributed by atoms with Crippen LogP contribution in [0.25, 0.3) is 0 Å². The van der Waals surface area contributed by atoms with Gasteiger partial charge in [0.1, 0.15) is 18.1 Å². The molecule has 1 atom stereocenters. The molecule has 1 aromatic carbocycles. The van der Waals surface area contributed by atoms with Crippen LogP contribution in [0.15, 0.2) is 42.6 Å². The Hall–Kier alpha value is -2.60. The second kappa shape index (κ2) is 9.77. The van der Waals surface area contributed by atoms with Crippen molar-refractivity contribution in [2.75, 3.05) is 6.61 Å². The maximum Gasteiger partial charge on any atom is 0.245 e. The number of hydrogen-bond acceptors (Lipinski definition) is 5. The minimum absolute atomic E-state index is 0.0169. The Morgan fingerprint density at radius 1 is 1.12 bits per heavy atom. The highest BCUT2D eigenvalue weighted by Gasteiger charge is 2.07.